The molecule has 0 aliphatic carbocycles. The maximum atomic E-state index is 11.2. The fraction of sp³-hybridized carbons (Fsp3) is 0.318. The van der Waals surface area contributed by atoms with Gasteiger partial charge in [0.25, 0.3) is 0 Å². The van der Waals surface area contributed by atoms with Crippen molar-refractivity contribution in [1.29, 1.82) is 0 Å². The molecule has 2 N–H and O–H groups in total. The van der Waals surface area contributed by atoms with Gasteiger partial charge in [-0.3, -0.25) is 0 Å². The van der Waals surface area contributed by atoms with Crippen molar-refractivity contribution in [1.82, 2.24) is 15.0 Å². The number of pyridine rings is 1. The van der Waals surface area contributed by atoms with Crippen LogP contribution in [0.25, 0.3) is 11.0 Å². The molecule has 0 radical (unpaired) electrons. The van der Waals surface area contributed by atoms with Crippen molar-refractivity contribution in [2.24, 2.45) is 0 Å². The lowest BCUT2D eigenvalue weighted by molar-refractivity contribution is 0.101. The second kappa shape index (κ2) is 8.78. The molecule has 0 fully saturated rings. The molecule has 156 valence electrons. The zero-order valence-corrected chi connectivity index (χ0v) is 18.2. The van der Waals surface area contributed by atoms with Gasteiger partial charge >= 0.3 is 0 Å². The first-order valence-electron chi connectivity index (χ1n) is 9.54. The molecule has 7 nitrogen and oxygen atoms in total. The fourth-order valence-corrected chi connectivity index (χ4v) is 3.06. The highest BCUT2D eigenvalue weighted by Crippen LogP contribution is 2.28. The van der Waals surface area contributed by atoms with Gasteiger partial charge in [-0.15, -0.1) is 6.42 Å². The molecule has 0 amide bonds. The minimum atomic E-state index is -2.00. The molecule has 2 unspecified atom stereocenters. The van der Waals surface area contributed by atoms with E-state index in [2.05, 4.69) is 26.2 Å². The van der Waals surface area contributed by atoms with Crippen LogP contribution in [-0.2, 0) is 11.1 Å². The van der Waals surface area contributed by atoms with Crippen molar-refractivity contribution in [3.05, 3.63) is 47.7 Å². The zero-order chi connectivity index (χ0) is 21.9. The lowest BCUT2D eigenvalue weighted by Gasteiger charge is -2.25. The molecule has 8 heteroatoms. The molecule has 2 heterocycles. The third kappa shape index (κ3) is 4.93. The molecule has 0 spiro atoms. The summed E-state index contributed by atoms with van der Waals surface area (Å²) in [6, 6.07) is 10.2. The Hall–Kier alpha value is -3.02. The number of aromatic nitrogens is 3. The van der Waals surface area contributed by atoms with Gasteiger partial charge in [0, 0.05) is 0 Å². The van der Waals surface area contributed by atoms with Gasteiger partial charge in [-0.25, -0.2) is 14.2 Å². The number of terminal acetylenes is 1. The van der Waals surface area contributed by atoms with Crippen molar-refractivity contribution in [2.75, 3.05) is 5.32 Å². The van der Waals surface area contributed by atoms with E-state index >= 15 is 0 Å². The van der Waals surface area contributed by atoms with Gasteiger partial charge in [0.2, 0.25) is 11.8 Å². The Labute approximate surface area is 178 Å². The van der Waals surface area contributed by atoms with Gasteiger partial charge in [0.05, 0.1) is 16.5 Å². The van der Waals surface area contributed by atoms with Crippen LogP contribution in [0.1, 0.15) is 51.4 Å². The van der Waals surface area contributed by atoms with Gasteiger partial charge in [-0.2, -0.15) is 4.98 Å². The Morgan fingerprint density at radius 1 is 1.20 bits per heavy atom. The third-order valence-electron chi connectivity index (χ3n) is 4.81. The number of hydrogen-bond donors (Lipinski definition) is 2. The molecule has 3 aromatic rings. The van der Waals surface area contributed by atoms with Gasteiger partial charge < -0.3 is 14.6 Å². The predicted molar refractivity (Wildman–Crippen MR) is 118 cm³/mol. The van der Waals surface area contributed by atoms with Crippen molar-refractivity contribution in [2.45, 2.75) is 50.7 Å². The molecular formula is C22H24N4O3S. The number of fused-ring (bicyclic) bond motifs is 1. The number of hydrogen-bond acceptors (Lipinski definition) is 6. The average Bonchev–Trinajstić information content (AvgIpc) is 2.73. The first-order chi connectivity index (χ1) is 14.2. The van der Waals surface area contributed by atoms with Crippen LogP contribution < -0.4 is 10.1 Å². The SMILES string of the molecule is C#Cc1ccc2nc(NC(C)c3ccc(S(=O)O)cc3)nc(OC(C)(C)CC)c2n1. The molecule has 2 atom stereocenters. The van der Waals surface area contributed by atoms with E-state index in [9.17, 15) is 8.76 Å². The van der Waals surface area contributed by atoms with Crippen LogP contribution >= 0.6 is 0 Å². The summed E-state index contributed by atoms with van der Waals surface area (Å²) in [5.74, 6) is 3.28. The first kappa shape index (κ1) is 21.7. The lowest BCUT2D eigenvalue weighted by Crippen LogP contribution is -2.27. The molecule has 0 saturated heterocycles. The van der Waals surface area contributed by atoms with Gasteiger partial charge in [0.15, 0.2) is 16.6 Å². The van der Waals surface area contributed by atoms with E-state index in [1.807, 2.05) is 27.7 Å². The van der Waals surface area contributed by atoms with E-state index in [1.54, 1.807) is 36.4 Å². The van der Waals surface area contributed by atoms with Crippen LogP contribution in [0.15, 0.2) is 41.3 Å². The Morgan fingerprint density at radius 2 is 1.90 bits per heavy atom. The average molecular weight is 425 g/mol. The van der Waals surface area contributed by atoms with E-state index in [-0.39, 0.29) is 6.04 Å². The second-order valence-electron chi connectivity index (χ2n) is 7.46. The van der Waals surface area contributed by atoms with Crippen molar-refractivity contribution >= 4 is 28.1 Å². The zero-order valence-electron chi connectivity index (χ0n) is 17.3. The highest BCUT2D eigenvalue weighted by Gasteiger charge is 2.22. The van der Waals surface area contributed by atoms with E-state index in [4.69, 9.17) is 11.2 Å². The third-order valence-corrected chi connectivity index (χ3v) is 5.49. The van der Waals surface area contributed by atoms with Gasteiger partial charge in [-0.1, -0.05) is 25.0 Å². The predicted octanol–water partition coefficient (Wildman–Crippen LogP) is 4.33. The summed E-state index contributed by atoms with van der Waals surface area (Å²) in [6.07, 6.45) is 6.28. The highest BCUT2D eigenvalue weighted by molar-refractivity contribution is 7.79. The smallest absolute Gasteiger partial charge is 0.246 e. The van der Waals surface area contributed by atoms with Crippen LogP contribution in [0.3, 0.4) is 0 Å². The summed E-state index contributed by atoms with van der Waals surface area (Å²) in [6.45, 7) is 7.95. The molecule has 0 saturated carbocycles. The highest BCUT2D eigenvalue weighted by atomic mass is 32.2. The van der Waals surface area contributed by atoms with Crippen LogP contribution in [0.2, 0.25) is 0 Å². The lowest BCUT2D eigenvalue weighted by atomic mass is 10.1. The summed E-state index contributed by atoms with van der Waals surface area (Å²) in [7, 11) is 0. The van der Waals surface area contributed by atoms with Gasteiger partial charge in [-0.05, 0) is 57.0 Å². The van der Waals surface area contributed by atoms with E-state index in [1.165, 1.54) is 0 Å². The topological polar surface area (TPSA) is 97.2 Å². The number of nitrogens with one attached hydrogen (secondary N) is 1. The fourth-order valence-electron chi connectivity index (χ4n) is 2.69. The van der Waals surface area contributed by atoms with Crippen molar-refractivity contribution in [3.8, 4) is 18.2 Å². The Morgan fingerprint density at radius 3 is 2.50 bits per heavy atom. The molecule has 3 rings (SSSR count). The maximum Gasteiger partial charge on any atom is 0.246 e. The molecule has 0 bridgehead atoms. The number of nitrogens with zero attached hydrogens (tertiary/aromatic N) is 3. The summed E-state index contributed by atoms with van der Waals surface area (Å²) >= 11 is -2.00. The summed E-state index contributed by atoms with van der Waals surface area (Å²) in [4.78, 5) is 13.9. The Kier molecular flexibility index (Phi) is 6.34. The molecule has 0 aliphatic rings. The van der Waals surface area contributed by atoms with Crippen LogP contribution in [0.4, 0.5) is 5.95 Å². The van der Waals surface area contributed by atoms with Crippen molar-refractivity contribution < 1.29 is 13.5 Å². The number of benzene rings is 1. The van der Waals surface area contributed by atoms with E-state index in [0.29, 0.717) is 33.5 Å². The van der Waals surface area contributed by atoms with E-state index < -0.39 is 16.7 Å². The van der Waals surface area contributed by atoms with Crippen molar-refractivity contribution in [3.63, 3.8) is 0 Å². The summed E-state index contributed by atoms with van der Waals surface area (Å²) in [5, 5.41) is 3.26. The number of anilines is 1. The minimum absolute atomic E-state index is 0.145. The Balaban J connectivity index is 1.97. The second-order valence-corrected chi connectivity index (χ2v) is 8.43. The van der Waals surface area contributed by atoms with Crippen LogP contribution in [0, 0.1) is 12.3 Å². The maximum absolute atomic E-state index is 11.2. The van der Waals surface area contributed by atoms with Gasteiger partial charge in [0.1, 0.15) is 11.3 Å². The first-order valence-corrected chi connectivity index (χ1v) is 10.6. The molecule has 1 aromatic carbocycles. The molecule has 0 aliphatic heterocycles. The van der Waals surface area contributed by atoms with E-state index in [0.717, 1.165) is 12.0 Å². The summed E-state index contributed by atoms with van der Waals surface area (Å²) in [5.41, 5.74) is 2.10. The number of ether oxygens (including phenoxy) is 1. The van der Waals surface area contributed by atoms with Crippen LogP contribution in [0.5, 0.6) is 5.88 Å². The molecule has 30 heavy (non-hydrogen) atoms. The normalized spacial score (nSPS) is 13.5. The van der Waals surface area contributed by atoms with Crippen LogP contribution in [-0.4, -0.2) is 29.3 Å². The minimum Gasteiger partial charge on any atom is -0.470 e. The largest absolute Gasteiger partial charge is 0.470 e. The standard InChI is InChI=1S/C22H24N4O3S/c1-6-16-10-13-18-19(24-16)20(29-22(4,5)7-2)26-21(25-18)23-14(3)15-8-11-17(12-9-15)30(27)28/h1,8-14H,7H2,2-5H3,(H,27,28)(H,23,25,26). The summed E-state index contributed by atoms with van der Waals surface area (Å²) < 4.78 is 26.5. The Bertz CT molecular complexity index is 1120. The quantitative estimate of drug-likeness (QED) is 0.430. The monoisotopic (exact) mass is 424 g/mol. The number of rotatable bonds is 7. The molecular weight excluding hydrogens is 400 g/mol. The molecule has 2 aromatic heterocycles.